The van der Waals surface area contributed by atoms with Crippen LogP contribution in [0.15, 0.2) is 30.3 Å². The molecule has 12 heteroatoms. The van der Waals surface area contributed by atoms with Gasteiger partial charge in [0.05, 0.1) is 0 Å². The molecular weight excluding hydrogens is 528 g/mol. The molecule has 0 spiro atoms. The van der Waals surface area contributed by atoms with Crippen LogP contribution in [0.4, 0.5) is 0 Å². The van der Waals surface area contributed by atoms with Gasteiger partial charge in [-0.1, -0.05) is 44.2 Å². The molecule has 1 aromatic carbocycles. The molecule has 12 nitrogen and oxygen atoms in total. The van der Waals surface area contributed by atoms with Crippen LogP contribution < -0.4 is 26.6 Å². The van der Waals surface area contributed by atoms with E-state index in [0.717, 1.165) is 5.56 Å². The van der Waals surface area contributed by atoms with Crippen LogP contribution in [-0.2, 0) is 35.2 Å². The molecule has 0 radical (unpaired) electrons. The molecule has 0 aromatic heterocycles. The molecule has 2 saturated heterocycles. The summed E-state index contributed by atoms with van der Waals surface area (Å²) in [4.78, 5) is 80.6. The lowest BCUT2D eigenvalue weighted by Gasteiger charge is -2.30. The lowest BCUT2D eigenvalue weighted by molar-refractivity contribution is -0.142. The van der Waals surface area contributed by atoms with Crippen LogP contribution in [0.2, 0.25) is 0 Å². The van der Waals surface area contributed by atoms with Crippen molar-refractivity contribution in [3.63, 3.8) is 0 Å². The molecule has 6 atom stereocenters. The van der Waals surface area contributed by atoms with Crippen molar-refractivity contribution in [3.05, 3.63) is 35.9 Å². The predicted octanol–water partition coefficient (Wildman–Crippen LogP) is -0.236. The average molecular weight is 571 g/mol. The van der Waals surface area contributed by atoms with Crippen LogP contribution in [0.5, 0.6) is 0 Å². The van der Waals surface area contributed by atoms with E-state index in [9.17, 15) is 28.8 Å². The van der Waals surface area contributed by atoms with E-state index in [1.807, 2.05) is 44.2 Å². The molecular formula is C29H42N6O6. The van der Waals surface area contributed by atoms with Gasteiger partial charge < -0.3 is 31.5 Å². The highest BCUT2D eigenvalue weighted by Crippen LogP contribution is 2.19. The third-order valence-corrected chi connectivity index (χ3v) is 7.33. The first-order valence-corrected chi connectivity index (χ1v) is 14.2. The van der Waals surface area contributed by atoms with E-state index >= 15 is 0 Å². The van der Waals surface area contributed by atoms with Crippen LogP contribution in [0.25, 0.3) is 0 Å². The standard InChI is InChI=1S/C29H42N6O6/c1-16(2)14-21-26(38)30-17(3)24(36)34-22(15-20-10-7-6-8-11-20)27(39)32-19(5)29(41)35-13-9-12-23(35)28(40)31-18(4)25(37)33-21/h6-8,10-11,16-19,21-23H,9,12-15H2,1-5H3,(H,30,38)(H,31,40)(H,32,39)(H,33,37)(H,34,36)/t17-,18-,19-,21-,22-,23-/m0/s1. The Morgan fingerprint density at radius 2 is 1.24 bits per heavy atom. The largest absolute Gasteiger partial charge is 0.343 e. The van der Waals surface area contributed by atoms with Gasteiger partial charge in [0.1, 0.15) is 36.3 Å². The molecule has 6 amide bonds. The zero-order valence-electron chi connectivity index (χ0n) is 24.4. The fourth-order valence-electron chi connectivity index (χ4n) is 5.04. The Balaban J connectivity index is 1.92. The molecule has 0 aliphatic carbocycles. The maximum Gasteiger partial charge on any atom is 0.245 e. The molecule has 2 fully saturated rings. The van der Waals surface area contributed by atoms with Gasteiger partial charge in [0.2, 0.25) is 35.4 Å². The molecule has 0 unspecified atom stereocenters. The number of carbonyl (C=O) groups is 6. The van der Waals surface area contributed by atoms with E-state index in [0.29, 0.717) is 25.8 Å². The number of carbonyl (C=O) groups excluding carboxylic acids is 6. The average Bonchev–Trinajstić information content (AvgIpc) is 3.41. The van der Waals surface area contributed by atoms with E-state index in [1.165, 1.54) is 25.7 Å². The Bertz CT molecular complexity index is 1140. The van der Waals surface area contributed by atoms with Gasteiger partial charge in [-0.15, -0.1) is 0 Å². The summed E-state index contributed by atoms with van der Waals surface area (Å²) in [6.45, 7) is 8.64. The summed E-state index contributed by atoms with van der Waals surface area (Å²) in [7, 11) is 0. The number of fused-ring (bicyclic) bond motifs is 1. The summed E-state index contributed by atoms with van der Waals surface area (Å²) in [5, 5.41) is 13.4. The molecule has 2 aliphatic heterocycles. The third kappa shape index (κ3) is 8.51. The Morgan fingerprint density at radius 3 is 1.85 bits per heavy atom. The quantitative estimate of drug-likeness (QED) is 0.335. The van der Waals surface area contributed by atoms with Crippen LogP contribution in [0, 0.1) is 5.92 Å². The highest BCUT2D eigenvalue weighted by atomic mass is 16.2. The smallest absolute Gasteiger partial charge is 0.245 e. The summed E-state index contributed by atoms with van der Waals surface area (Å²) >= 11 is 0. The zero-order valence-corrected chi connectivity index (χ0v) is 24.4. The molecule has 224 valence electrons. The minimum absolute atomic E-state index is 0.0388. The molecule has 41 heavy (non-hydrogen) atoms. The van der Waals surface area contributed by atoms with Crippen molar-refractivity contribution in [1.29, 1.82) is 0 Å². The number of amides is 6. The topological polar surface area (TPSA) is 166 Å². The maximum absolute atomic E-state index is 13.4. The highest BCUT2D eigenvalue weighted by Gasteiger charge is 2.38. The van der Waals surface area contributed by atoms with Gasteiger partial charge in [0.25, 0.3) is 0 Å². The maximum atomic E-state index is 13.4. The minimum atomic E-state index is -1.04. The van der Waals surface area contributed by atoms with E-state index in [4.69, 9.17) is 0 Å². The van der Waals surface area contributed by atoms with Crippen molar-refractivity contribution < 1.29 is 28.8 Å². The molecule has 3 rings (SSSR count). The normalized spacial score (nSPS) is 29.0. The second-order valence-electron chi connectivity index (χ2n) is 11.3. The summed E-state index contributed by atoms with van der Waals surface area (Å²) in [5.74, 6) is -3.15. The summed E-state index contributed by atoms with van der Waals surface area (Å²) < 4.78 is 0. The SMILES string of the molecule is CC(C)C[C@@H]1NC(=O)[C@H](C)NC(=O)[C@@H]2CCCN2C(=O)[C@H](C)NC(=O)[C@H](Cc2ccccc2)NC(=O)[C@H](C)NC1=O. The Kier molecular flexibility index (Phi) is 10.8. The van der Waals surface area contributed by atoms with Crippen LogP contribution in [0.3, 0.4) is 0 Å². The summed E-state index contributed by atoms with van der Waals surface area (Å²) in [6.07, 6.45) is 1.45. The second-order valence-corrected chi connectivity index (χ2v) is 11.3. The Hall–Kier alpha value is -3.96. The molecule has 0 bridgehead atoms. The van der Waals surface area contributed by atoms with Crippen LogP contribution >= 0.6 is 0 Å². The van der Waals surface area contributed by atoms with Gasteiger partial charge in [0.15, 0.2) is 0 Å². The van der Waals surface area contributed by atoms with Crippen molar-refractivity contribution in [2.45, 2.75) is 96.6 Å². The van der Waals surface area contributed by atoms with E-state index in [-0.39, 0.29) is 12.3 Å². The van der Waals surface area contributed by atoms with Gasteiger partial charge in [-0.25, -0.2) is 0 Å². The molecule has 2 aliphatic rings. The molecule has 2 heterocycles. The number of benzene rings is 1. The highest BCUT2D eigenvalue weighted by molar-refractivity contribution is 5.98. The van der Waals surface area contributed by atoms with Crippen molar-refractivity contribution in [3.8, 4) is 0 Å². The Morgan fingerprint density at radius 1 is 0.707 bits per heavy atom. The van der Waals surface area contributed by atoms with Crippen molar-refractivity contribution in [2.24, 2.45) is 5.92 Å². The number of hydrogen-bond donors (Lipinski definition) is 5. The third-order valence-electron chi connectivity index (χ3n) is 7.33. The van der Waals surface area contributed by atoms with Crippen molar-refractivity contribution in [1.82, 2.24) is 31.5 Å². The van der Waals surface area contributed by atoms with Gasteiger partial charge in [-0.3, -0.25) is 28.8 Å². The van der Waals surface area contributed by atoms with E-state index in [2.05, 4.69) is 26.6 Å². The second kappa shape index (κ2) is 14.1. The predicted molar refractivity (Wildman–Crippen MR) is 151 cm³/mol. The van der Waals surface area contributed by atoms with Crippen LogP contribution in [0.1, 0.15) is 59.4 Å². The molecule has 5 N–H and O–H groups in total. The number of rotatable bonds is 4. The van der Waals surface area contributed by atoms with Crippen LogP contribution in [-0.4, -0.2) is 83.1 Å². The fraction of sp³-hybridized carbons (Fsp3) is 0.586. The lowest BCUT2D eigenvalue weighted by Crippen LogP contribution is -2.60. The first kappa shape index (κ1) is 31.6. The number of nitrogens with zero attached hydrogens (tertiary/aromatic N) is 1. The number of nitrogens with one attached hydrogen (secondary N) is 5. The van der Waals surface area contributed by atoms with E-state index < -0.39 is 71.7 Å². The van der Waals surface area contributed by atoms with E-state index in [1.54, 1.807) is 0 Å². The van der Waals surface area contributed by atoms with Crippen molar-refractivity contribution in [2.75, 3.05) is 6.54 Å². The van der Waals surface area contributed by atoms with Crippen molar-refractivity contribution >= 4 is 35.4 Å². The number of hydrogen-bond acceptors (Lipinski definition) is 6. The zero-order chi connectivity index (χ0) is 30.3. The van der Waals surface area contributed by atoms with Gasteiger partial charge in [-0.2, -0.15) is 0 Å². The summed E-state index contributed by atoms with van der Waals surface area (Å²) in [6, 6.07) is 3.33. The Labute approximate surface area is 240 Å². The van der Waals surface area contributed by atoms with Gasteiger partial charge in [0, 0.05) is 13.0 Å². The van der Waals surface area contributed by atoms with Gasteiger partial charge in [-0.05, 0) is 51.5 Å². The lowest BCUT2D eigenvalue weighted by atomic mass is 10.0. The summed E-state index contributed by atoms with van der Waals surface area (Å²) in [5.41, 5.74) is 0.788. The fourth-order valence-corrected chi connectivity index (χ4v) is 5.04. The monoisotopic (exact) mass is 570 g/mol. The first-order chi connectivity index (χ1) is 19.4. The first-order valence-electron chi connectivity index (χ1n) is 14.2. The molecule has 1 aromatic rings. The van der Waals surface area contributed by atoms with Gasteiger partial charge >= 0.3 is 0 Å². The molecule has 0 saturated carbocycles. The minimum Gasteiger partial charge on any atom is -0.343 e.